The summed E-state index contributed by atoms with van der Waals surface area (Å²) in [7, 11) is 0. The molecule has 1 saturated heterocycles. The van der Waals surface area contributed by atoms with Gasteiger partial charge in [0.1, 0.15) is 5.75 Å². The van der Waals surface area contributed by atoms with Gasteiger partial charge in [0.2, 0.25) is 0 Å². The summed E-state index contributed by atoms with van der Waals surface area (Å²) < 4.78 is 5.73. The molecule has 1 aromatic carbocycles. The van der Waals surface area contributed by atoms with Crippen LogP contribution in [0.4, 0.5) is 0 Å². The molecule has 2 rings (SSSR count). The van der Waals surface area contributed by atoms with Crippen LogP contribution < -0.4 is 15.8 Å². The molecule has 18 heavy (non-hydrogen) atoms. The number of benzene rings is 1. The monoisotopic (exact) mass is 248 g/mol. The van der Waals surface area contributed by atoms with Crippen LogP contribution in [0, 0.1) is 0 Å². The number of rotatable bonds is 3. The molecule has 0 aromatic heterocycles. The van der Waals surface area contributed by atoms with Crippen molar-refractivity contribution in [2.24, 2.45) is 5.73 Å². The van der Waals surface area contributed by atoms with Crippen LogP contribution in [0.2, 0.25) is 0 Å². The van der Waals surface area contributed by atoms with Crippen LogP contribution in [-0.2, 0) is 4.79 Å². The van der Waals surface area contributed by atoms with Gasteiger partial charge in [-0.3, -0.25) is 4.79 Å². The molecule has 0 bridgehead atoms. The number of hydrogen-bond acceptors (Lipinski definition) is 3. The van der Waals surface area contributed by atoms with Gasteiger partial charge in [-0.15, -0.1) is 0 Å². The Balaban J connectivity index is 2.01. The van der Waals surface area contributed by atoms with Crippen LogP contribution in [0.15, 0.2) is 24.3 Å². The van der Waals surface area contributed by atoms with E-state index in [4.69, 9.17) is 10.5 Å². The second-order valence-electron chi connectivity index (χ2n) is 4.75. The van der Waals surface area contributed by atoms with Crippen LogP contribution in [0.25, 0.3) is 0 Å². The van der Waals surface area contributed by atoms with Gasteiger partial charge in [-0.25, -0.2) is 0 Å². The molecule has 1 aliphatic rings. The lowest BCUT2D eigenvalue weighted by Gasteiger charge is -2.16. The van der Waals surface area contributed by atoms with Crippen LogP contribution >= 0.6 is 0 Å². The standard InChI is InChI=1S/C14H20N2O2/c1-10(15)11-5-7-12(8-6-11)18-13-4-2-3-9-16-14(13)17/h5-8,10,13H,2-4,9,15H2,1H3,(H,16,17). The normalized spacial score (nSPS) is 21.9. The molecule has 1 heterocycles. The molecule has 0 saturated carbocycles. The van der Waals surface area contributed by atoms with Gasteiger partial charge in [-0.05, 0) is 43.9 Å². The quantitative estimate of drug-likeness (QED) is 0.856. The van der Waals surface area contributed by atoms with Crippen molar-refractivity contribution in [3.63, 3.8) is 0 Å². The number of nitrogens with one attached hydrogen (secondary N) is 1. The number of hydrogen-bond donors (Lipinski definition) is 2. The van der Waals surface area contributed by atoms with E-state index in [-0.39, 0.29) is 18.1 Å². The summed E-state index contributed by atoms with van der Waals surface area (Å²) in [6.07, 6.45) is 2.45. The Morgan fingerprint density at radius 3 is 2.72 bits per heavy atom. The average molecular weight is 248 g/mol. The van der Waals surface area contributed by atoms with Crippen molar-refractivity contribution >= 4 is 5.91 Å². The van der Waals surface area contributed by atoms with Crippen molar-refractivity contribution in [2.45, 2.75) is 38.3 Å². The summed E-state index contributed by atoms with van der Waals surface area (Å²) in [5.41, 5.74) is 6.85. The summed E-state index contributed by atoms with van der Waals surface area (Å²) in [4.78, 5) is 11.7. The molecular formula is C14H20N2O2. The predicted octanol–water partition coefficient (Wildman–Crippen LogP) is 1.75. The largest absolute Gasteiger partial charge is 0.481 e. The first-order valence-electron chi connectivity index (χ1n) is 6.47. The van der Waals surface area contributed by atoms with Gasteiger partial charge in [0, 0.05) is 12.6 Å². The predicted molar refractivity (Wildman–Crippen MR) is 70.3 cm³/mol. The van der Waals surface area contributed by atoms with Gasteiger partial charge in [-0.2, -0.15) is 0 Å². The summed E-state index contributed by atoms with van der Waals surface area (Å²) in [6, 6.07) is 7.64. The molecule has 3 N–H and O–H groups in total. The fourth-order valence-electron chi connectivity index (χ4n) is 2.04. The lowest BCUT2D eigenvalue weighted by atomic mass is 10.1. The van der Waals surface area contributed by atoms with E-state index >= 15 is 0 Å². The molecule has 1 fully saturated rings. The van der Waals surface area contributed by atoms with Gasteiger partial charge in [0.25, 0.3) is 5.91 Å². The second-order valence-corrected chi connectivity index (χ2v) is 4.75. The highest BCUT2D eigenvalue weighted by Crippen LogP contribution is 2.19. The maximum absolute atomic E-state index is 11.7. The minimum absolute atomic E-state index is 0.0104. The number of carbonyl (C=O) groups is 1. The fraction of sp³-hybridized carbons (Fsp3) is 0.500. The van der Waals surface area contributed by atoms with E-state index in [1.807, 2.05) is 31.2 Å². The Morgan fingerprint density at radius 1 is 1.33 bits per heavy atom. The second kappa shape index (κ2) is 5.87. The lowest BCUT2D eigenvalue weighted by Crippen LogP contribution is -2.36. The van der Waals surface area contributed by atoms with E-state index in [1.54, 1.807) is 0 Å². The van der Waals surface area contributed by atoms with Crippen molar-refractivity contribution in [1.29, 1.82) is 0 Å². The lowest BCUT2D eigenvalue weighted by molar-refractivity contribution is -0.127. The highest BCUT2D eigenvalue weighted by Gasteiger charge is 2.22. The first-order chi connectivity index (χ1) is 8.66. The van der Waals surface area contributed by atoms with E-state index in [0.29, 0.717) is 0 Å². The number of nitrogens with two attached hydrogens (primary N) is 1. The highest BCUT2D eigenvalue weighted by atomic mass is 16.5. The van der Waals surface area contributed by atoms with Gasteiger partial charge in [-0.1, -0.05) is 12.1 Å². The van der Waals surface area contributed by atoms with E-state index in [9.17, 15) is 4.79 Å². The summed E-state index contributed by atoms with van der Waals surface area (Å²) in [6.45, 7) is 2.69. The minimum Gasteiger partial charge on any atom is -0.481 e. The molecule has 2 atom stereocenters. The van der Waals surface area contributed by atoms with E-state index in [1.165, 1.54) is 0 Å². The average Bonchev–Trinajstić information content (AvgIpc) is 2.56. The smallest absolute Gasteiger partial charge is 0.261 e. The zero-order valence-electron chi connectivity index (χ0n) is 10.7. The molecule has 4 heteroatoms. The minimum atomic E-state index is -0.367. The third kappa shape index (κ3) is 3.23. The SMILES string of the molecule is CC(N)c1ccc(OC2CCCCNC2=O)cc1. The van der Waals surface area contributed by atoms with Gasteiger partial charge in [0.15, 0.2) is 6.10 Å². The van der Waals surface area contributed by atoms with Crippen LogP contribution in [0.3, 0.4) is 0 Å². The molecule has 0 radical (unpaired) electrons. The topological polar surface area (TPSA) is 64.3 Å². The van der Waals surface area contributed by atoms with E-state index in [0.717, 1.165) is 37.1 Å². The molecule has 98 valence electrons. The molecule has 2 unspecified atom stereocenters. The zero-order chi connectivity index (χ0) is 13.0. The molecule has 0 spiro atoms. The number of ether oxygens (including phenoxy) is 1. The van der Waals surface area contributed by atoms with Crippen molar-refractivity contribution in [3.8, 4) is 5.75 Å². The Hall–Kier alpha value is -1.55. The van der Waals surface area contributed by atoms with Gasteiger partial charge < -0.3 is 15.8 Å². The fourth-order valence-corrected chi connectivity index (χ4v) is 2.04. The maximum Gasteiger partial charge on any atom is 0.261 e. The van der Waals surface area contributed by atoms with Crippen LogP contribution in [0.5, 0.6) is 5.75 Å². The first-order valence-corrected chi connectivity index (χ1v) is 6.47. The molecule has 4 nitrogen and oxygen atoms in total. The van der Waals surface area contributed by atoms with Crippen molar-refractivity contribution < 1.29 is 9.53 Å². The third-order valence-electron chi connectivity index (χ3n) is 3.17. The van der Waals surface area contributed by atoms with Crippen molar-refractivity contribution in [2.75, 3.05) is 6.54 Å². The molecule has 1 aliphatic heterocycles. The van der Waals surface area contributed by atoms with Crippen LogP contribution in [0.1, 0.15) is 37.8 Å². The Bertz CT molecular complexity index is 401. The van der Waals surface area contributed by atoms with E-state index < -0.39 is 0 Å². The Morgan fingerprint density at radius 2 is 2.06 bits per heavy atom. The van der Waals surface area contributed by atoms with E-state index in [2.05, 4.69) is 5.32 Å². The molecule has 1 amide bonds. The third-order valence-corrected chi connectivity index (χ3v) is 3.17. The van der Waals surface area contributed by atoms with Gasteiger partial charge >= 0.3 is 0 Å². The Kier molecular flexibility index (Phi) is 4.20. The molecule has 1 aromatic rings. The number of carbonyl (C=O) groups excluding carboxylic acids is 1. The summed E-state index contributed by atoms with van der Waals surface area (Å²) in [5, 5.41) is 2.86. The molecule has 0 aliphatic carbocycles. The summed E-state index contributed by atoms with van der Waals surface area (Å²) in [5.74, 6) is 0.713. The number of amides is 1. The van der Waals surface area contributed by atoms with Gasteiger partial charge in [0.05, 0.1) is 0 Å². The first kappa shape index (κ1) is 12.9. The maximum atomic E-state index is 11.7. The summed E-state index contributed by atoms with van der Waals surface area (Å²) >= 11 is 0. The Labute approximate surface area is 108 Å². The molecular weight excluding hydrogens is 228 g/mol. The van der Waals surface area contributed by atoms with Crippen molar-refractivity contribution in [3.05, 3.63) is 29.8 Å². The highest BCUT2D eigenvalue weighted by molar-refractivity contribution is 5.81. The van der Waals surface area contributed by atoms with Crippen LogP contribution in [-0.4, -0.2) is 18.6 Å². The zero-order valence-corrected chi connectivity index (χ0v) is 10.7. The van der Waals surface area contributed by atoms with Crippen molar-refractivity contribution in [1.82, 2.24) is 5.32 Å².